The lowest BCUT2D eigenvalue weighted by molar-refractivity contribution is -0.128. The van der Waals surface area contributed by atoms with Gasteiger partial charge >= 0.3 is 0 Å². The molecule has 7 heteroatoms. The SMILES string of the molecule is CCNC(=NCCCCc1ccc(OC)cc1)NCCNC(=O)C(C)(C)C.I. The molecule has 0 aliphatic carbocycles. The minimum absolute atomic E-state index is 0. The van der Waals surface area contributed by atoms with Gasteiger partial charge in [-0.3, -0.25) is 9.79 Å². The molecule has 1 aromatic rings. The lowest BCUT2D eigenvalue weighted by Gasteiger charge is -2.18. The predicted octanol–water partition coefficient (Wildman–Crippen LogP) is 3.35. The maximum Gasteiger partial charge on any atom is 0.225 e. The summed E-state index contributed by atoms with van der Waals surface area (Å²) in [4.78, 5) is 16.4. The smallest absolute Gasteiger partial charge is 0.225 e. The van der Waals surface area contributed by atoms with Crippen LogP contribution < -0.4 is 20.7 Å². The lowest BCUT2D eigenvalue weighted by Crippen LogP contribution is -2.43. The minimum atomic E-state index is -0.359. The average Bonchev–Trinajstić information content (AvgIpc) is 2.64. The summed E-state index contributed by atoms with van der Waals surface area (Å²) >= 11 is 0. The summed E-state index contributed by atoms with van der Waals surface area (Å²) in [6.07, 6.45) is 3.17. The number of benzene rings is 1. The molecule has 0 unspecified atom stereocenters. The average molecular weight is 504 g/mol. The molecule has 0 saturated carbocycles. The number of methoxy groups -OCH3 is 1. The van der Waals surface area contributed by atoms with Crippen molar-refractivity contribution in [2.45, 2.75) is 47.0 Å². The molecule has 0 aliphatic heterocycles. The predicted molar refractivity (Wildman–Crippen MR) is 128 cm³/mol. The van der Waals surface area contributed by atoms with E-state index in [2.05, 4.69) is 33.1 Å². The van der Waals surface area contributed by atoms with Crippen LogP contribution in [-0.4, -0.2) is 45.2 Å². The van der Waals surface area contributed by atoms with Crippen LogP contribution in [-0.2, 0) is 11.2 Å². The first kappa shape index (κ1) is 26.5. The van der Waals surface area contributed by atoms with Crippen LogP contribution in [0.2, 0.25) is 0 Å². The number of aliphatic imine (C=N–C) groups is 1. The molecule has 0 fully saturated rings. The molecule has 0 heterocycles. The third kappa shape index (κ3) is 11.4. The second-order valence-electron chi connectivity index (χ2n) is 7.50. The fraction of sp³-hybridized carbons (Fsp3) is 0.619. The Morgan fingerprint density at radius 3 is 2.25 bits per heavy atom. The normalized spacial score (nSPS) is 11.4. The van der Waals surface area contributed by atoms with Crippen molar-refractivity contribution in [1.29, 1.82) is 0 Å². The van der Waals surface area contributed by atoms with Gasteiger partial charge in [-0.15, -0.1) is 24.0 Å². The fourth-order valence-corrected chi connectivity index (χ4v) is 2.39. The molecule has 0 atom stereocenters. The van der Waals surface area contributed by atoms with Gasteiger partial charge in [-0.1, -0.05) is 32.9 Å². The van der Waals surface area contributed by atoms with E-state index < -0.39 is 0 Å². The van der Waals surface area contributed by atoms with Gasteiger partial charge in [0.25, 0.3) is 0 Å². The summed E-state index contributed by atoms with van der Waals surface area (Å²) in [6.45, 7) is 10.6. The van der Waals surface area contributed by atoms with E-state index in [1.54, 1.807) is 7.11 Å². The van der Waals surface area contributed by atoms with Gasteiger partial charge in [-0.05, 0) is 43.9 Å². The van der Waals surface area contributed by atoms with E-state index in [1.807, 2.05) is 39.8 Å². The maximum absolute atomic E-state index is 11.8. The molecule has 0 aromatic heterocycles. The topological polar surface area (TPSA) is 74.8 Å². The molecular formula is C21H37IN4O2. The zero-order chi connectivity index (χ0) is 20.1. The van der Waals surface area contributed by atoms with Crippen molar-refractivity contribution in [2.24, 2.45) is 10.4 Å². The maximum atomic E-state index is 11.8. The Bertz CT molecular complexity index is 583. The molecule has 0 spiro atoms. The van der Waals surface area contributed by atoms with Crippen LogP contribution in [0.1, 0.15) is 46.1 Å². The number of nitrogens with one attached hydrogen (secondary N) is 3. The van der Waals surface area contributed by atoms with Crippen molar-refractivity contribution in [3.8, 4) is 5.75 Å². The van der Waals surface area contributed by atoms with Gasteiger partial charge in [0.15, 0.2) is 5.96 Å². The zero-order valence-corrected chi connectivity index (χ0v) is 20.3. The second-order valence-corrected chi connectivity index (χ2v) is 7.50. The van der Waals surface area contributed by atoms with Gasteiger partial charge in [-0.2, -0.15) is 0 Å². The van der Waals surface area contributed by atoms with E-state index >= 15 is 0 Å². The Hall–Kier alpha value is -1.51. The summed E-state index contributed by atoms with van der Waals surface area (Å²) in [5.41, 5.74) is 0.960. The van der Waals surface area contributed by atoms with E-state index in [0.717, 1.165) is 44.1 Å². The number of nitrogens with zero attached hydrogens (tertiary/aromatic N) is 1. The van der Waals surface area contributed by atoms with Crippen LogP contribution in [0, 0.1) is 5.41 Å². The molecule has 0 bridgehead atoms. The molecule has 0 aliphatic rings. The molecule has 0 radical (unpaired) electrons. The van der Waals surface area contributed by atoms with E-state index in [-0.39, 0.29) is 35.3 Å². The molecule has 0 saturated heterocycles. The summed E-state index contributed by atoms with van der Waals surface area (Å²) in [7, 11) is 1.68. The standard InChI is InChI=1S/C21H36N4O2.HI/c1-6-22-20(25-16-15-23-19(26)21(2,3)4)24-14-8-7-9-17-10-12-18(27-5)13-11-17;/h10-13H,6-9,14-16H2,1-5H3,(H,23,26)(H2,22,24,25);1H. The molecule has 1 amide bonds. The second kappa shape index (κ2) is 14.5. The summed E-state index contributed by atoms with van der Waals surface area (Å²) in [6, 6.07) is 8.22. The molecule has 1 aromatic carbocycles. The third-order valence-corrected chi connectivity index (χ3v) is 4.03. The van der Waals surface area contributed by atoms with E-state index in [4.69, 9.17) is 4.74 Å². The number of hydrogen-bond acceptors (Lipinski definition) is 3. The highest BCUT2D eigenvalue weighted by Gasteiger charge is 2.20. The summed E-state index contributed by atoms with van der Waals surface area (Å²) in [5.74, 6) is 1.75. The first-order chi connectivity index (χ1) is 12.9. The number of unbranched alkanes of at least 4 members (excludes halogenated alkanes) is 1. The van der Waals surface area contributed by atoms with E-state index in [0.29, 0.717) is 13.1 Å². The third-order valence-electron chi connectivity index (χ3n) is 4.03. The highest BCUT2D eigenvalue weighted by atomic mass is 127. The zero-order valence-electron chi connectivity index (χ0n) is 17.9. The highest BCUT2D eigenvalue weighted by molar-refractivity contribution is 14.0. The van der Waals surface area contributed by atoms with Crippen LogP contribution in [0.5, 0.6) is 5.75 Å². The molecular weight excluding hydrogens is 467 g/mol. The Balaban J connectivity index is 0.00000729. The highest BCUT2D eigenvalue weighted by Crippen LogP contribution is 2.13. The first-order valence-electron chi connectivity index (χ1n) is 9.80. The Morgan fingerprint density at radius 1 is 1.04 bits per heavy atom. The van der Waals surface area contributed by atoms with Crippen LogP contribution in [0.4, 0.5) is 0 Å². The number of halogens is 1. The van der Waals surface area contributed by atoms with Crippen molar-refractivity contribution >= 4 is 35.8 Å². The number of guanidine groups is 1. The number of rotatable bonds is 10. The van der Waals surface area contributed by atoms with Gasteiger partial charge in [-0.25, -0.2) is 0 Å². The van der Waals surface area contributed by atoms with Crippen LogP contribution >= 0.6 is 24.0 Å². The molecule has 28 heavy (non-hydrogen) atoms. The van der Waals surface area contributed by atoms with E-state index in [9.17, 15) is 4.79 Å². The number of hydrogen-bond donors (Lipinski definition) is 3. The Labute approximate surface area is 187 Å². The number of amides is 1. The molecule has 160 valence electrons. The number of carbonyl (C=O) groups excluding carboxylic acids is 1. The van der Waals surface area contributed by atoms with Crippen molar-refractivity contribution < 1.29 is 9.53 Å². The van der Waals surface area contributed by atoms with Gasteiger partial charge in [0.2, 0.25) is 5.91 Å². The van der Waals surface area contributed by atoms with Crippen LogP contribution in [0.15, 0.2) is 29.3 Å². The Morgan fingerprint density at radius 2 is 1.68 bits per heavy atom. The Kier molecular flexibility index (Phi) is 13.7. The molecule has 3 N–H and O–H groups in total. The van der Waals surface area contributed by atoms with E-state index in [1.165, 1.54) is 5.56 Å². The summed E-state index contributed by atoms with van der Waals surface area (Å²) < 4.78 is 5.18. The van der Waals surface area contributed by atoms with Crippen molar-refractivity contribution in [2.75, 3.05) is 33.3 Å². The fourth-order valence-electron chi connectivity index (χ4n) is 2.39. The van der Waals surface area contributed by atoms with Gasteiger partial charge in [0.1, 0.15) is 5.75 Å². The van der Waals surface area contributed by atoms with Crippen molar-refractivity contribution in [3.05, 3.63) is 29.8 Å². The molecule has 1 rings (SSSR count). The number of aryl methyl sites for hydroxylation is 1. The van der Waals surface area contributed by atoms with Gasteiger partial charge in [0, 0.05) is 31.6 Å². The van der Waals surface area contributed by atoms with Crippen LogP contribution in [0.25, 0.3) is 0 Å². The monoisotopic (exact) mass is 504 g/mol. The number of carbonyl (C=O) groups is 1. The minimum Gasteiger partial charge on any atom is -0.497 e. The molecule has 6 nitrogen and oxygen atoms in total. The summed E-state index contributed by atoms with van der Waals surface area (Å²) in [5, 5.41) is 9.42. The largest absolute Gasteiger partial charge is 0.497 e. The quantitative estimate of drug-likeness (QED) is 0.198. The lowest BCUT2D eigenvalue weighted by atomic mass is 9.96. The van der Waals surface area contributed by atoms with Crippen LogP contribution in [0.3, 0.4) is 0 Å². The van der Waals surface area contributed by atoms with Crippen molar-refractivity contribution in [3.63, 3.8) is 0 Å². The van der Waals surface area contributed by atoms with Gasteiger partial charge in [0.05, 0.1) is 7.11 Å². The first-order valence-corrected chi connectivity index (χ1v) is 9.80. The van der Waals surface area contributed by atoms with Gasteiger partial charge < -0.3 is 20.7 Å². The number of ether oxygens (including phenoxy) is 1. The van der Waals surface area contributed by atoms with Crippen molar-refractivity contribution in [1.82, 2.24) is 16.0 Å².